The number of carbonyl (C=O) groups is 1. The molecule has 1 saturated heterocycles. The number of aliphatic hydroxyl groups is 1. The Morgan fingerprint density at radius 1 is 0.971 bits per heavy atom. The first kappa shape index (κ1) is 21.4. The van der Waals surface area contributed by atoms with Crippen LogP contribution >= 0.6 is 0 Å². The van der Waals surface area contributed by atoms with Gasteiger partial charge in [-0.15, -0.1) is 0 Å². The second-order valence-electron chi connectivity index (χ2n) is 9.06. The van der Waals surface area contributed by atoms with Gasteiger partial charge in [-0.1, -0.05) is 35.8 Å². The monoisotopic (exact) mass is 469 g/mol. The molecular weight excluding hydrogens is 446 g/mol. The number of aliphatic hydroxyl groups excluding tert-OH is 1. The van der Waals surface area contributed by atoms with Crippen LogP contribution in [-0.4, -0.2) is 60.2 Å². The Balaban J connectivity index is 1.22. The number of nitrogens with zero attached hydrogens (tertiary/aromatic N) is 6. The molecule has 10 heteroatoms. The van der Waals surface area contributed by atoms with Gasteiger partial charge in [-0.25, -0.2) is 9.97 Å². The average molecular weight is 470 g/mol. The molecule has 4 heterocycles. The molecule has 1 saturated carbocycles. The largest absolute Gasteiger partial charge is 0.389 e. The minimum atomic E-state index is -0.447. The number of rotatable bonds is 5. The van der Waals surface area contributed by atoms with Crippen molar-refractivity contribution in [2.75, 3.05) is 18.8 Å². The Morgan fingerprint density at radius 3 is 2.26 bits per heavy atom. The molecule has 176 valence electrons. The molecule has 6 rings (SSSR count). The lowest BCUT2D eigenvalue weighted by Crippen LogP contribution is -2.53. The summed E-state index contributed by atoms with van der Waals surface area (Å²) in [7, 11) is 0. The van der Waals surface area contributed by atoms with E-state index in [1.54, 1.807) is 35.6 Å². The van der Waals surface area contributed by atoms with Crippen molar-refractivity contribution >= 4 is 11.9 Å². The zero-order valence-corrected chi connectivity index (χ0v) is 18.8. The van der Waals surface area contributed by atoms with E-state index in [1.807, 2.05) is 12.1 Å². The highest BCUT2D eigenvalue weighted by Gasteiger charge is 2.44. The maximum Gasteiger partial charge on any atom is 0.272 e. The number of nitrogens with two attached hydrogens (primary N) is 1. The summed E-state index contributed by atoms with van der Waals surface area (Å²) >= 11 is 0. The van der Waals surface area contributed by atoms with E-state index in [-0.39, 0.29) is 17.3 Å². The summed E-state index contributed by atoms with van der Waals surface area (Å²) in [5.74, 6) is 1.07. The van der Waals surface area contributed by atoms with E-state index in [0.29, 0.717) is 36.1 Å². The Morgan fingerprint density at radius 2 is 1.66 bits per heavy atom. The fraction of sp³-hybridized carbons (Fsp3) is 0.280. The van der Waals surface area contributed by atoms with Gasteiger partial charge in [-0.05, 0) is 36.1 Å². The van der Waals surface area contributed by atoms with Gasteiger partial charge >= 0.3 is 0 Å². The minimum Gasteiger partial charge on any atom is -0.389 e. The average Bonchev–Trinajstić information content (AvgIpc) is 3.32. The van der Waals surface area contributed by atoms with Crippen LogP contribution < -0.4 is 5.73 Å². The van der Waals surface area contributed by atoms with Crippen LogP contribution in [0.15, 0.2) is 59.5 Å². The molecule has 2 aliphatic rings. The first-order valence-corrected chi connectivity index (χ1v) is 11.5. The molecule has 4 aromatic rings. The molecule has 0 radical (unpaired) electrons. The maximum atomic E-state index is 12.4. The van der Waals surface area contributed by atoms with E-state index in [1.165, 1.54) is 0 Å². The van der Waals surface area contributed by atoms with Crippen molar-refractivity contribution in [2.45, 2.75) is 30.8 Å². The highest BCUT2D eigenvalue weighted by Crippen LogP contribution is 2.48. The molecule has 0 atom stereocenters. The van der Waals surface area contributed by atoms with Crippen molar-refractivity contribution < 1.29 is 14.4 Å². The molecule has 0 unspecified atom stereocenters. The smallest absolute Gasteiger partial charge is 0.272 e. The Hall–Kier alpha value is -4.18. The summed E-state index contributed by atoms with van der Waals surface area (Å²) in [4.78, 5) is 31.0. The third-order valence-corrected chi connectivity index (χ3v) is 6.88. The number of likely N-dealkylation sites (tertiary alicyclic amines) is 1. The van der Waals surface area contributed by atoms with Crippen molar-refractivity contribution in [3.05, 3.63) is 72.1 Å². The van der Waals surface area contributed by atoms with Gasteiger partial charge in [-0.3, -0.25) is 9.78 Å². The number of β-amino-alcohol motifs (C(OH)–C–C–N with tert-alkyl or cyclic N) is 1. The van der Waals surface area contributed by atoms with Crippen LogP contribution in [0.3, 0.4) is 0 Å². The van der Waals surface area contributed by atoms with E-state index >= 15 is 0 Å². The number of hydrogen-bond donors (Lipinski definition) is 2. The normalized spacial score (nSPS) is 17.0. The minimum absolute atomic E-state index is 0.199. The second-order valence-corrected chi connectivity index (χ2v) is 9.06. The number of aromatic nitrogens is 5. The van der Waals surface area contributed by atoms with Gasteiger partial charge in [0.05, 0.1) is 17.1 Å². The van der Waals surface area contributed by atoms with Crippen LogP contribution in [0.2, 0.25) is 0 Å². The second kappa shape index (κ2) is 8.24. The molecule has 1 aliphatic carbocycles. The van der Waals surface area contributed by atoms with Crippen molar-refractivity contribution in [1.82, 2.24) is 30.0 Å². The number of carbonyl (C=O) groups excluding carboxylic acids is 1. The lowest BCUT2D eigenvalue weighted by atomic mass is 9.64. The number of hydrogen-bond acceptors (Lipinski definition) is 9. The van der Waals surface area contributed by atoms with Crippen molar-refractivity contribution in [3.8, 4) is 22.6 Å². The summed E-state index contributed by atoms with van der Waals surface area (Å²) in [6, 6.07) is 11.7. The fourth-order valence-electron chi connectivity index (χ4n) is 4.61. The van der Waals surface area contributed by atoms with Gasteiger partial charge in [-0.2, -0.15) is 4.98 Å². The van der Waals surface area contributed by atoms with Crippen molar-refractivity contribution in [3.63, 3.8) is 0 Å². The molecule has 1 amide bonds. The first-order chi connectivity index (χ1) is 17.0. The molecule has 0 bridgehead atoms. The lowest BCUT2D eigenvalue weighted by Gasteiger charge is -2.39. The predicted molar refractivity (Wildman–Crippen MR) is 126 cm³/mol. The number of benzene rings is 1. The highest BCUT2D eigenvalue weighted by atomic mass is 16.5. The van der Waals surface area contributed by atoms with Crippen LogP contribution in [0.5, 0.6) is 0 Å². The number of amides is 1. The number of nitrogen functional groups attached to an aromatic ring is 1. The summed E-state index contributed by atoms with van der Waals surface area (Å²) < 4.78 is 5.59. The van der Waals surface area contributed by atoms with Crippen LogP contribution in [0.25, 0.3) is 22.6 Å². The maximum absolute atomic E-state index is 12.4. The highest BCUT2D eigenvalue weighted by molar-refractivity contribution is 5.93. The van der Waals surface area contributed by atoms with Crippen LogP contribution in [0.4, 0.5) is 5.95 Å². The number of pyridine rings is 1. The zero-order valence-electron chi connectivity index (χ0n) is 18.8. The quantitative estimate of drug-likeness (QED) is 0.450. The Bertz CT molecular complexity index is 1360. The third kappa shape index (κ3) is 3.71. The summed E-state index contributed by atoms with van der Waals surface area (Å²) in [5, 5.41) is 13.7. The first-order valence-electron chi connectivity index (χ1n) is 11.5. The van der Waals surface area contributed by atoms with Gasteiger partial charge in [0.25, 0.3) is 11.8 Å². The number of anilines is 1. The standard InChI is InChI=1S/C25H23N7O3/c26-24-28-11-17(12-29-24)15-2-5-18(6-3-15)25(8-1-9-25)23-30-21(35-31-23)16-4-7-20(27-10-16)22(34)32-13-19(33)14-32/h2-7,10-12,19,33H,1,8-9,13-14H2,(H2,26,28,29). The molecule has 1 aromatic carbocycles. The molecule has 35 heavy (non-hydrogen) atoms. The van der Waals surface area contributed by atoms with Gasteiger partial charge in [0, 0.05) is 37.2 Å². The Kier molecular flexibility index (Phi) is 5.03. The Labute approximate surface area is 200 Å². The zero-order chi connectivity index (χ0) is 24.0. The molecule has 3 aromatic heterocycles. The van der Waals surface area contributed by atoms with Crippen molar-refractivity contribution in [2.24, 2.45) is 0 Å². The van der Waals surface area contributed by atoms with Crippen LogP contribution in [0, 0.1) is 0 Å². The summed E-state index contributed by atoms with van der Waals surface area (Å²) in [6.07, 6.45) is 7.49. The molecular formula is C25H23N7O3. The van der Waals surface area contributed by atoms with Gasteiger partial charge in [0.1, 0.15) is 5.69 Å². The topological polar surface area (TPSA) is 144 Å². The van der Waals surface area contributed by atoms with E-state index in [9.17, 15) is 9.90 Å². The van der Waals surface area contributed by atoms with Crippen molar-refractivity contribution in [1.29, 1.82) is 0 Å². The molecule has 0 spiro atoms. The summed E-state index contributed by atoms with van der Waals surface area (Å²) in [5.41, 5.74) is 9.31. The van der Waals surface area contributed by atoms with E-state index in [4.69, 9.17) is 15.2 Å². The van der Waals surface area contributed by atoms with Crippen LogP contribution in [-0.2, 0) is 5.41 Å². The third-order valence-electron chi connectivity index (χ3n) is 6.88. The van der Waals surface area contributed by atoms with E-state index < -0.39 is 6.10 Å². The van der Waals surface area contributed by atoms with Gasteiger partial charge < -0.3 is 20.3 Å². The predicted octanol–water partition coefficient (Wildman–Crippen LogP) is 2.46. The van der Waals surface area contributed by atoms with Gasteiger partial charge in [0.2, 0.25) is 5.95 Å². The summed E-state index contributed by atoms with van der Waals surface area (Å²) in [6.45, 7) is 0.679. The molecule has 10 nitrogen and oxygen atoms in total. The fourth-order valence-corrected chi connectivity index (χ4v) is 4.61. The molecule has 3 N–H and O–H groups in total. The SMILES string of the molecule is Nc1ncc(-c2ccc(C3(c4noc(-c5ccc(C(=O)N6CC(O)C6)nc5)n4)CCC3)cc2)cn1. The van der Waals surface area contributed by atoms with E-state index in [2.05, 4.69) is 32.2 Å². The molecule has 2 fully saturated rings. The lowest BCUT2D eigenvalue weighted by molar-refractivity contribution is 0.00550. The molecule has 1 aliphatic heterocycles. The van der Waals surface area contributed by atoms with Crippen LogP contribution in [0.1, 0.15) is 41.1 Å². The van der Waals surface area contributed by atoms with Gasteiger partial charge in [0.15, 0.2) is 5.82 Å². The van der Waals surface area contributed by atoms with E-state index in [0.717, 1.165) is 36.0 Å².